The summed E-state index contributed by atoms with van der Waals surface area (Å²) in [5, 5.41) is 19.6. The first-order chi connectivity index (χ1) is 9.19. The van der Waals surface area contributed by atoms with Gasteiger partial charge in [0.1, 0.15) is 0 Å². The van der Waals surface area contributed by atoms with Gasteiger partial charge in [-0.15, -0.1) is 0 Å². The van der Waals surface area contributed by atoms with Gasteiger partial charge in [0.05, 0.1) is 11.5 Å². The lowest BCUT2D eigenvalue weighted by atomic mass is 10.1. The summed E-state index contributed by atoms with van der Waals surface area (Å²) in [5.74, 6) is 0. The Balaban J connectivity index is 1.88. The van der Waals surface area contributed by atoms with Crippen LogP contribution in [0.25, 0.3) is 0 Å². The molecule has 1 N–H and O–H groups in total. The Morgan fingerprint density at radius 2 is 1.89 bits per heavy atom. The van der Waals surface area contributed by atoms with Gasteiger partial charge < -0.3 is 5.11 Å². The highest BCUT2D eigenvalue weighted by atomic mass is 16.6. The molecule has 0 atom stereocenters. The zero-order valence-electron chi connectivity index (χ0n) is 10.9. The summed E-state index contributed by atoms with van der Waals surface area (Å²) in [6.45, 7) is 5.42. The summed E-state index contributed by atoms with van der Waals surface area (Å²) < 4.78 is 0. The van der Waals surface area contributed by atoms with E-state index in [4.69, 9.17) is 5.11 Å². The third-order valence-corrected chi connectivity index (χ3v) is 3.41. The van der Waals surface area contributed by atoms with Crippen LogP contribution in [-0.4, -0.2) is 59.2 Å². The summed E-state index contributed by atoms with van der Waals surface area (Å²) in [7, 11) is 0. The van der Waals surface area contributed by atoms with E-state index in [1.807, 2.05) is 6.07 Å². The number of non-ortho nitro benzene ring substituents is 1. The van der Waals surface area contributed by atoms with Gasteiger partial charge in [0.15, 0.2) is 0 Å². The number of benzene rings is 1. The summed E-state index contributed by atoms with van der Waals surface area (Å²) in [6, 6.07) is 6.81. The Morgan fingerprint density at radius 3 is 2.53 bits per heavy atom. The van der Waals surface area contributed by atoms with E-state index >= 15 is 0 Å². The van der Waals surface area contributed by atoms with Crippen molar-refractivity contribution in [2.24, 2.45) is 0 Å². The lowest BCUT2D eigenvalue weighted by Gasteiger charge is -2.34. The number of hydrogen-bond donors (Lipinski definition) is 1. The fraction of sp³-hybridized carbons (Fsp3) is 0.538. The van der Waals surface area contributed by atoms with Crippen molar-refractivity contribution in [1.82, 2.24) is 9.80 Å². The number of nitrogens with zero attached hydrogens (tertiary/aromatic N) is 3. The average molecular weight is 265 g/mol. The molecular weight excluding hydrogens is 246 g/mol. The van der Waals surface area contributed by atoms with Crippen molar-refractivity contribution >= 4 is 5.69 Å². The van der Waals surface area contributed by atoms with Gasteiger partial charge >= 0.3 is 0 Å². The standard InChI is InChI=1S/C13H19N3O3/c17-9-8-14-4-6-15(7-5-14)11-12-2-1-3-13(10-12)16(18)19/h1-3,10,17H,4-9,11H2. The van der Waals surface area contributed by atoms with E-state index < -0.39 is 0 Å². The van der Waals surface area contributed by atoms with Gasteiger partial charge in [0.2, 0.25) is 0 Å². The van der Waals surface area contributed by atoms with E-state index in [0.717, 1.165) is 44.8 Å². The van der Waals surface area contributed by atoms with Crippen LogP contribution in [0.5, 0.6) is 0 Å². The molecule has 6 nitrogen and oxygen atoms in total. The minimum Gasteiger partial charge on any atom is -0.395 e. The smallest absolute Gasteiger partial charge is 0.269 e. The van der Waals surface area contributed by atoms with Crippen LogP contribution in [0.15, 0.2) is 24.3 Å². The maximum atomic E-state index is 10.7. The molecule has 0 aromatic heterocycles. The number of nitro benzene ring substituents is 1. The summed E-state index contributed by atoms with van der Waals surface area (Å²) in [6.07, 6.45) is 0. The van der Waals surface area contributed by atoms with Gasteiger partial charge in [0.25, 0.3) is 5.69 Å². The molecule has 104 valence electrons. The van der Waals surface area contributed by atoms with Crippen molar-refractivity contribution in [1.29, 1.82) is 0 Å². The molecule has 1 saturated heterocycles. The normalized spacial score (nSPS) is 17.5. The maximum absolute atomic E-state index is 10.7. The van der Waals surface area contributed by atoms with Gasteiger partial charge in [-0.1, -0.05) is 12.1 Å². The quantitative estimate of drug-likeness (QED) is 0.627. The molecule has 1 fully saturated rings. The monoisotopic (exact) mass is 265 g/mol. The number of hydrogen-bond acceptors (Lipinski definition) is 5. The molecule has 0 saturated carbocycles. The Bertz CT molecular complexity index is 431. The third kappa shape index (κ3) is 3.99. The van der Waals surface area contributed by atoms with Crippen molar-refractivity contribution in [2.45, 2.75) is 6.54 Å². The van der Waals surface area contributed by atoms with Gasteiger partial charge in [-0.05, 0) is 5.56 Å². The zero-order chi connectivity index (χ0) is 13.7. The summed E-state index contributed by atoms with van der Waals surface area (Å²) in [5.41, 5.74) is 1.13. The number of nitro groups is 1. The van der Waals surface area contributed by atoms with Gasteiger partial charge in [0, 0.05) is 51.4 Å². The second-order valence-electron chi connectivity index (χ2n) is 4.77. The van der Waals surface area contributed by atoms with Crippen LogP contribution in [0, 0.1) is 10.1 Å². The van der Waals surface area contributed by atoms with Crippen LogP contribution in [-0.2, 0) is 6.54 Å². The Hall–Kier alpha value is -1.50. The highest BCUT2D eigenvalue weighted by Gasteiger charge is 2.17. The van der Waals surface area contributed by atoms with E-state index in [9.17, 15) is 10.1 Å². The predicted octanol–water partition coefficient (Wildman–Crippen LogP) is 0.705. The van der Waals surface area contributed by atoms with Crippen LogP contribution < -0.4 is 0 Å². The van der Waals surface area contributed by atoms with Crippen molar-refractivity contribution in [3.8, 4) is 0 Å². The number of aliphatic hydroxyl groups excluding tert-OH is 1. The number of piperazine rings is 1. The topological polar surface area (TPSA) is 69.9 Å². The molecule has 1 aromatic carbocycles. The maximum Gasteiger partial charge on any atom is 0.269 e. The Morgan fingerprint density at radius 1 is 1.21 bits per heavy atom. The van der Waals surface area contributed by atoms with Crippen LogP contribution in [0.2, 0.25) is 0 Å². The molecular formula is C13H19N3O3. The molecule has 0 unspecified atom stereocenters. The van der Waals surface area contributed by atoms with Crippen LogP contribution >= 0.6 is 0 Å². The summed E-state index contributed by atoms with van der Waals surface area (Å²) >= 11 is 0. The first-order valence-electron chi connectivity index (χ1n) is 6.48. The second kappa shape index (κ2) is 6.60. The Labute approximate surface area is 112 Å². The van der Waals surface area contributed by atoms with Gasteiger partial charge in [-0.25, -0.2) is 0 Å². The Kier molecular flexibility index (Phi) is 4.84. The minimum atomic E-state index is -0.358. The molecule has 0 aliphatic carbocycles. The molecule has 1 aliphatic rings. The fourth-order valence-corrected chi connectivity index (χ4v) is 2.34. The van der Waals surface area contributed by atoms with Crippen molar-refractivity contribution in [3.63, 3.8) is 0 Å². The van der Waals surface area contributed by atoms with Crippen molar-refractivity contribution in [2.75, 3.05) is 39.3 Å². The fourth-order valence-electron chi connectivity index (χ4n) is 2.34. The highest BCUT2D eigenvalue weighted by molar-refractivity contribution is 5.34. The molecule has 6 heteroatoms. The van der Waals surface area contributed by atoms with Gasteiger partial charge in [-0.3, -0.25) is 19.9 Å². The van der Waals surface area contributed by atoms with E-state index in [1.165, 1.54) is 6.07 Å². The SMILES string of the molecule is O=[N+]([O-])c1cccc(CN2CCN(CCO)CC2)c1. The van der Waals surface area contributed by atoms with E-state index in [0.29, 0.717) is 0 Å². The molecule has 1 aromatic rings. The molecule has 1 heterocycles. The third-order valence-electron chi connectivity index (χ3n) is 3.41. The minimum absolute atomic E-state index is 0.149. The van der Waals surface area contributed by atoms with Crippen LogP contribution in [0.3, 0.4) is 0 Å². The first-order valence-corrected chi connectivity index (χ1v) is 6.48. The van der Waals surface area contributed by atoms with E-state index in [2.05, 4.69) is 9.80 Å². The predicted molar refractivity (Wildman–Crippen MR) is 71.9 cm³/mol. The van der Waals surface area contributed by atoms with Crippen molar-refractivity contribution in [3.05, 3.63) is 39.9 Å². The number of rotatable bonds is 5. The highest BCUT2D eigenvalue weighted by Crippen LogP contribution is 2.15. The molecule has 1 aliphatic heterocycles. The molecule has 0 bridgehead atoms. The molecule has 0 spiro atoms. The van der Waals surface area contributed by atoms with Gasteiger partial charge in [-0.2, -0.15) is 0 Å². The van der Waals surface area contributed by atoms with Crippen LogP contribution in [0.1, 0.15) is 5.56 Å². The van der Waals surface area contributed by atoms with E-state index in [1.54, 1.807) is 12.1 Å². The second-order valence-corrected chi connectivity index (χ2v) is 4.77. The lowest BCUT2D eigenvalue weighted by Crippen LogP contribution is -2.46. The van der Waals surface area contributed by atoms with Crippen LogP contribution in [0.4, 0.5) is 5.69 Å². The largest absolute Gasteiger partial charge is 0.395 e. The molecule has 0 amide bonds. The molecule has 19 heavy (non-hydrogen) atoms. The number of β-amino-alcohol motifs (C(OH)–C–C–N with tert-alkyl or cyclic N) is 1. The summed E-state index contributed by atoms with van der Waals surface area (Å²) in [4.78, 5) is 14.9. The number of aliphatic hydroxyl groups is 1. The molecule has 2 rings (SSSR count). The van der Waals surface area contributed by atoms with E-state index in [-0.39, 0.29) is 17.2 Å². The van der Waals surface area contributed by atoms with Crippen molar-refractivity contribution < 1.29 is 10.0 Å². The first kappa shape index (κ1) is 13.9. The lowest BCUT2D eigenvalue weighted by molar-refractivity contribution is -0.384. The molecule has 0 radical (unpaired) electrons. The average Bonchev–Trinajstić information content (AvgIpc) is 2.42. The zero-order valence-corrected chi connectivity index (χ0v) is 10.9.